The highest BCUT2D eigenvalue weighted by Crippen LogP contribution is 2.22. The van der Waals surface area contributed by atoms with Crippen LogP contribution in [0.15, 0.2) is 72.8 Å². The van der Waals surface area contributed by atoms with E-state index in [2.05, 4.69) is 22.8 Å². The van der Waals surface area contributed by atoms with Crippen LogP contribution in [0.4, 0.5) is 4.79 Å². The second kappa shape index (κ2) is 21.0. The van der Waals surface area contributed by atoms with Gasteiger partial charge in [-0.2, -0.15) is 0 Å². The van der Waals surface area contributed by atoms with Gasteiger partial charge in [-0.05, 0) is 73.0 Å². The fourth-order valence-corrected chi connectivity index (χ4v) is 4.95. The second-order valence-electron chi connectivity index (χ2n) is 11.3. The summed E-state index contributed by atoms with van der Waals surface area (Å²) in [6.45, 7) is 4.22. The molecule has 250 valence electrons. The van der Waals surface area contributed by atoms with Crippen LogP contribution in [0.25, 0.3) is 0 Å². The molecule has 3 rings (SSSR count). The van der Waals surface area contributed by atoms with Crippen molar-refractivity contribution in [1.82, 2.24) is 15.7 Å². The number of unbranched alkanes of at least 4 members (excludes halogenated alkanes) is 4. The molecule has 3 aromatic carbocycles. The minimum Gasteiger partial charge on any atom is -0.508 e. The lowest BCUT2D eigenvalue weighted by molar-refractivity contribution is -0.175. The van der Waals surface area contributed by atoms with Gasteiger partial charge in [0.05, 0.1) is 19.3 Å². The van der Waals surface area contributed by atoms with Crippen LogP contribution < -0.4 is 10.6 Å². The SMILES string of the molecule is CC(=O)ON(Cc1ccccc1)C(=O)NCc1cccc(CCCCOCCCCCCNC[C@H](O)c2ccc(O)c(CO)c2)c1. The first kappa shape index (κ1) is 36.5. The zero-order valence-corrected chi connectivity index (χ0v) is 26.8. The number of ether oxygens (including phenoxy) is 1. The van der Waals surface area contributed by atoms with Crippen molar-refractivity contribution in [2.75, 3.05) is 26.3 Å². The molecule has 0 aliphatic heterocycles. The molecule has 0 aromatic heterocycles. The Labute approximate surface area is 272 Å². The first-order valence-electron chi connectivity index (χ1n) is 16.1. The summed E-state index contributed by atoms with van der Waals surface area (Å²) in [4.78, 5) is 29.4. The van der Waals surface area contributed by atoms with Crippen molar-refractivity contribution < 1.29 is 34.5 Å². The van der Waals surface area contributed by atoms with Crippen molar-refractivity contribution in [3.8, 4) is 5.75 Å². The number of aryl methyl sites for hydroxylation is 1. The fourth-order valence-electron chi connectivity index (χ4n) is 4.95. The molecule has 10 nitrogen and oxygen atoms in total. The third kappa shape index (κ3) is 14.0. The Morgan fingerprint density at radius 3 is 2.33 bits per heavy atom. The van der Waals surface area contributed by atoms with E-state index in [0.29, 0.717) is 24.2 Å². The summed E-state index contributed by atoms with van der Waals surface area (Å²) in [6, 6.07) is 21.8. The Kier molecular flexibility index (Phi) is 16.6. The number of hydrogen-bond donors (Lipinski definition) is 5. The van der Waals surface area contributed by atoms with Gasteiger partial charge in [-0.3, -0.25) is 4.79 Å². The van der Waals surface area contributed by atoms with Crippen LogP contribution in [-0.4, -0.2) is 58.7 Å². The molecule has 2 amide bonds. The van der Waals surface area contributed by atoms with Crippen molar-refractivity contribution in [3.63, 3.8) is 0 Å². The van der Waals surface area contributed by atoms with Crippen molar-refractivity contribution in [2.24, 2.45) is 0 Å². The predicted octanol–water partition coefficient (Wildman–Crippen LogP) is 5.30. The molecule has 0 unspecified atom stereocenters. The molecule has 0 aliphatic carbocycles. The van der Waals surface area contributed by atoms with Gasteiger partial charge < -0.3 is 35.5 Å². The number of nitrogens with one attached hydrogen (secondary N) is 2. The third-order valence-electron chi connectivity index (χ3n) is 7.46. The highest BCUT2D eigenvalue weighted by Gasteiger charge is 2.17. The average molecular weight is 636 g/mol. The number of carbonyl (C=O) groups is 2. The van der Waals surface area contributed by atoms with Crippen LogP contribution in [-0.2, 0) is 40.5 Å². The number of aliphatic hydroxyl groups is 2. The zero-order valence-electron chi connectivity index (χ0n) is 26.8. The Morgan fingerprint density at radius 1 is 0.848 bits per heavy atom. The molecule has 0 spiro atoms. The van der Waals surface area contributed by atoms with Gasteiger partial charge in [-0.15, -0.1) is 5.06 Å². The standard InChI is InChI=1S/C36H49N3O7/c1-28(41)46-39(26-30-13-5-4-6-14-30)36(44)38-24-31-16-11-15-29(22-31)12-7-10-21-45-20-9-3-2-8-19-37-25-35(43)32-17-18-34(42)33(23-32)27-40/h4-6,11,13-18,22-23,35,37,40,42-43H,2-3,7-10,12,19-21,24-27H2,1H3,(H,38,44)/t35-/m0/s1. The number of urea groups is 1. The fraction of sp³-hybridized carbons (Fsp3) is 0.444. The molecular formula is C36H49N3O7. The number of hydroxylamine groups is 2. The summed E-state index contributed by atoms with van der Waals surface area (Å²) >= 11 is 0. The number of phenols is 1. The molecule has 1 atom stereocenters. The van der Waals surface area contributed by atoms with E-state index in [1.54, 1.807) is 12.1 Å². The lowest BCUT2D eigenvalue weighted by Crippen LogP contribution is -2.40. The maximum absolute atomic E-state index is 12.7. The number of hydrogen-bond acceptors (Lipinski definition) is 8. The number of carbonyl (C=O) groups excluding carboxylic acids is 2. The van der Waals surface area contributed by atoms with E-state index in [1.165, 1.54) is 18.6 Å². The Balaban J connectivity index is 1.20. The molecule has 3 aromatic rings. The van der Waals surface area contributed by atoms with Gasteiger partial charge in [0.15, 0.2) is 0 Å². The minimum absolute atomic E-state index is 0.0321. The first-order valence-corrected chi connectivity index (χ1v) is 16.1. The van der Waals surface area contributed by atoms with E-state index in [4.69, 9.17) is 9.57 Å². The summed E-state index contributed by atoms with van der Waals surface area (Å²) in [5, 5.41) is 36.4. The largest absolute Gasteiger partial charge is 0.508 e. The number of amides is 2. The molecular weight excluding hydrogens is 586 g/mol. The number of rotatable bonds is 20. The van der Waals surface area contributed by atoms with Crippen LogP contribution in [0.5, 0.6) is 5.75 Å². The lowest BCUT2D eigenvalue weighted by atomic mass is 10.1. The van der Waals surface area contributed by atoms with Crippen LogP contribution in [0, 0.1) is 0 Å². The molecule has 0 saturated carbocycles. The first-order chi connectivity index (χ1) is 22.4. The van der Waals surface area contributed by atoms with E-state index in [1.807, 2.05) is 42.5 Å². The van der Waals surface area contributed by atoms with Crippen LogP contribution in [0.1, 0.15) is 79.4 Å². The molecule has 0 radical (unpaired) electrons. The van der Waals surface area contributed by atoms with Gasteiger partial charge in [-0.25, -0.2) is 4.79 Å². The van der Waals surface area contributed by atoms with E-state index in [-0.39, 0.29) is 18.9 Å². The van der Waals surface area contributed by atoms with Gasteiger partial charge >= 0.3 is 12.0 Å². The van der Waals surface area contributed by atoms with Crippen LogP contribution >= 0.6 is 0 Å². The van der Waals surface area contributed by atoms with E-state index in [0.717, 1.165) is 80.9 Å². The van der Waals surface area contributed by atoms with Gasteiger partial charge in [-0.1, -0.05) is 73.5 Å². The maximum atomic E-state index is 12.7. The molecule has 0 aliphatic rings. The molecule has 0 saturated heterocycles. The normalized spacial score (nSPS) is 11.6. The minimum atomic E-state index is -0.687. The number of benzene rings is 3. The van der Waals surface area contributed by atoms with E-state index >= 15 is 0 Å². The van der Waals surface area contributed by atoms with Gasteiger partial charge in [0.2, 0.25) is 0 Å². The average Bonchev–Trinajstić information content (AvgIpc) is 3.06. The number of nitrogens with zero attached hydrogens (tertiary/aromatic N) is 1. The monoisotopic (exact) mass is 635 g/mol. The highest BCUT2D eigenvalue weighted by atomic mass is 16.7. The maximum Gasteiger partial charge on any atom is 0.351 e. The molecule has 0 heterocycles. The van der Waals surface area contributed by atoms with Gasteiger partial charge in [0.25, 0.3) is 0 Å². The summed E-state index contributed by atoms with van der Waals surface area (Å²) in [6.07, 6.45) is 6.45. The Hall–Kier alpha value is -3.96. The van der Waals surface area contributed by atoms with Crippen LogP contribution in [0.3, 0.4) is 0 Å². The Morgan fingerprint density at radius 2 is 1.57 bits per heavy atom. The molecule has 5 N–H and O–H groups in total. The molecule has 0 fully saturated rings. The van der Waals surface area contributed by atoms with E-state index < -0.39 is 18.1 Å². The number of aliphatic hydroxyl groups excluding tert-OH is 2. The summed E-state index contributed by atoms with van der Waals surface area (Å²) < 4.78 is 5.82. The predicted molar refractivity (Wildman–Crippen MR) is 177 cm³/mol. The third-order valence-corrected chi connectivity index (χ3v) is 7.46. The molecule has 0 bridgehead atoms. The smallest absolute Gasteiger partial charge is 0.351 e. The van der Waals surface area contributed by atoms with Crippen molar-refractivity contribution in [1.29, 1.82) is 0 Å². The van der Waals surface area contributed by atoms with Crippen molar-refractivity contribution >= 4 is 12.0 Å². The summed E-state index contributed by atoms with van der Waals surface area (Å²) in [5.41, 5.74) is 4.12. The zero-order chi connectivity index (χ0) is 33.0. The quantitative estimate of drug-likeness (QED) is 0.0833. The Bertz CT molecular complexity index is 1320. The molecule has 46 heavy (non-hydrogen) atoms. The van der Waals surface area contributed by atoms with Crippen molar-refractivity contribution in [2.45, 2.75) is 77.7 Å². The van der Waals surface area contributed by atoms with E-state index in [9.17, 15) is 24.9 Å². The summed E-state index contributed by atoms with van der Waals surface area (Å²) in [5.74, 6) is -0.522. The summed E-state index contributed by atoms with van der Waals surface area (Å²) in [7, 11) is 0. The highest BCUT2D eigenvalue weighted by molar-refractivity contribution is 5.75. The van der Waals surface area contributed by atoms with Crippen molar-refractivity contribution in [3.05, 3.63) is 101 Å². The topological polar surface area (TPSA) is 141 Å². The molecule has 10 heteroatoms. The lowest BCUT2D eigenvalue weighted by Gasteiger charge is -2.21. The van der Waals surface area contributed by atoms with Gasteiger partial charge in [0, 0.05) is 38.8 Å². The number of aromatic hydroxyl groups is 1. The second-order valence-corrected chi connectivity index (χ2v) is 11.3. The van der Waals surface area contributed by atoms with Gasteiger partial charge in [0.1, 0.15) is 5.75 Å². The van der Waals surface area contributed by atoms with Crippen LogP contribution in [0.2, 0.25) is 0 Å².